The quantitative estimate of drug-likeness (QED) is 0.642. The number of hydrogen-bond donors (Lipinski definition) is 1. The summed E-state index contributed by atoms with van der Waals surface area (Å²) in [7, 11) is 3.28. The number of rotatable bonds is 10. The van der Waals surface area contributed by atoms with Crippen molar-refractivity contribution in [3.8, 4) is 5.88 Å². The summed E-state index contributed by atoms with van der Waals surface area (Å²) in [4.78, 5) is 19.1. The molecule has 0 saturated carbocycles. The van der Waals surface area contributed by atoms with Crippen molar-refractivity contribution in [2.75, 3.05) is 33.9 Å². The fraction of sp³-hybridized carbons (Fsp3) is 0.591. The van der Waals surface area contributed by atoms with Crippen LogP contribution in [0.5, 0.6) is 5.88 Å². The molecule has 30 heavy (non-hydrogen) atoms. The Kier molecular flexibility index (Phi) is 7.44. The predicted octanol–water partition coefficient (Wildman–Crippen LogP) is 2.50. The average molecular weight is 416 g/mol. The number of methoxy groups -OCH3 is 2. The lowest BCUT2D eigenvalue weighted by atomic mass is 9.95. The van der Waals surface area contributed by atoms with Gasteiger partial charge >= 0.3 is 0 Å². The third kappa shape index (κ3) is 4.99. The van der Waals surface area contributed by atoms with E-state index >= 15 is 0 Å². The van der Waals surface area contributed by atoms with Gasteiger partial charge in [0.2, 0.25) is 11.8 Å². The van der Waals surface area contributed by atoms with Crippen molar-refractivity contribution in [1.82, 2.24) is 25.0 Å². The van der Waals surface area contributed by atoms with E-state index in [0.717, 1.165) is 23.4 Å². The Hall–Kier alpha value is -2.45. The second-order valence-corrected chi connectivity index (χ2v) is 8.07. The predicted molar refractivity (Wildman–Crippen MR) is 114 cm³/mol. The fourth-order valence-electron chi connectivity index (χ4n) is 4.00. The highest BCUT2D eigenvalue weighted by Gasteiger charge is 2.40. The number of amides is 1. The van der Waals surface area contributed by atoms with Crippen molar-refractivity contribution in [2.24, 2.45) is 5.92 Å². The summed E-state index contributed by atoms with van der Waals surface area (Å²) in [6, 6.07) is 4.19. The zero-order chi connectivity index (χ0) is 21.7. The van der Waals surface area contributed by atoms with E-state index in [1.54, 1.807) is 14.2 Å². The van der Waals surface area contributed by atoms with Gasteiger partial charge in [-0.25, -0.2) is 4.98 Å². The molecular formula is C22H33N5O3. The molecule has 8 heteroatoms. The van der Waals surface area contributed by atoms with Crippen molar-refractivity contribution < 1.29 is 14.3 Å². The molecule has 1 aliphatic rings. The van der Waals surface area contributed by atoms with Crippen LogP contribution in [0.25, 0.3) is 0 Å². The summed E-state index contributed by atoms with van der Waals surface area (Å²) in [6.07, 6.45) is 4.49. The van der Waals surface area contributed by atoms with Gasteiger partial charge in [-0.2, -0.15) is 5.10 Å². The summed E-state index contributed by atoms with van der Waals surface area (Å²) in [5.74, 6) is 0.961. The van der Waals surface area contributed by atoms with E-state index in [2.05, 4.69) is 35.4 Å². The normalized spacial score (nSPS) is 19.1. The first kappa shape index (κ1) is 22.2. The molecule has 164 valence electrons. The monoisotopic (exact) mass is 415 g/mol. The van der Waals surface area contributed by atoms with Crippen LogP contribution in [0.3, 0.4) is 0 Å². The minimum atomic E-state index is 0.00254. The molecule has 1 amide bonds. The minimum Gasteiger partial charge on any atom is -0.481 e. The lowest BCUT2D eigenvalue weighted by molar-refractivity contribution is -0.129. The second kappa shape index (κ2) is 10.0. The summed E-state index contributed by atoms with van der Waals surface area (Å²) in [6.45, 7) is 8.73. The molecule has 1 aliphatic heterocycles. The van der Waals surface area contributed by atoms with Crippen LogP contribution < -0.4 is 10.1 Å². The number of likely N-dealkylation sites (tertiary alicyclic amines) is 1. The molecule has 0 unspecified atom stereocenters. The van der Waals surface area contributed by atoms with Gasteiger partial charge in [0, 0.05) is 68.6 Å². The SMILES string of the molecule is COCCN1C(=O)C[C@H](CNCc2ccc(OC)nc2C)[C@H]1c1cnn(C(C)C)c1. The van der Waals surface area contributed by atoms with Crippen LogP contribution in [-0.2, 0) is 16.1 Å². The molecule has 1 fully saturated rings. The van der Waals surface area contributed by atoms with Crippen LogP contribution in [0.1, 0.15) is 49.2 Å². The maximum absolute atomic E-state index is 12.8. The Morgan fingerprint density at radius 2 is 2.10 bits per heavy atom. The molecule has 8 nitrogen and oxygen atoms in total. The van der Waals surface area contributed by atoms with Crippen LogP contribution in [0, 0.1) is 12.8 Å². The molecule has 1 N–H and O–H groups in total. The van der Waals surface area contributed by atoms with E-state index in [9.17, 15) is 4.79 Å². The summed E-state index contributed by atoms with van der Waals surface area (Å²) in [5, 5.41) is 8.03. The van der Waals surface area contributed by atoms with Crippen LogP contribution in [0.15, 0.2) is 24.5 Å². The fourth-order valence-corrected chi connectivity index (χ4v) is 4.00. The summed E-state index contributed by atoms with van der Waals surface area (Å²) < 4.78 is 12.4. The minimum absolute atomic E-state index is 0.00254. The van der Waals surface area contributed by atoms with Gasteiger partial charge in [0.25, 0.3) is 0 Å². The highest BCUT2D eigenvalue weighted by molar-refractivity contribution is 5.79. The Bertz CT molecular complexity index is 851. The van der Waals surface area contributed by atoms with Crippen LogP contribution in [-0.4, -0.2) is 59.5 Å². The van der Waals surface area contributed by atoms with Crippen molar-refractivity contribution in [2.45, 2.75) is 45.8 Å². The highest BCUT2D eigenvalue weighted by atomic mass is 16.5. The molecule has 1 saturated heterocycles. The first-order valence-electron chi connectivity index (χ1n) is 10.5. The van der Waals surface area contributed by atoms with Crippen molar-refractivity contribution >= 4 is 5.91 Å². The molecule has 3 rings (SSSR count). The number of carbonyl (C=O) groups is 1. The molecule has 0 bridgehead atoms. The summed E-state index contributed by atoms with van der Waals surface area (Å²) >= 11 is 0. The molecule has 0 aromatic carbocycles. The number of ether oxygens (including phenoxy) is 2. The number of pyridine rings is 1. The Balaban J connectivity index is 1.71. The lowest BCUT2D eigenvalue weighted by Gasteiger charge is -2.27. The number of aromatic nitrogens is 3. The van der Waals surface area contributed by atoms with E-state index in [4.69, 9.17) is 9.47 Å². The Morgan fingerprint density at radius 3 is 2.73 bits per heavy atom. The van der Waals surface area contributed by atoms with Gasteiger partial charge in [-0.15, -0.1) is 0 Å². The number of aryl methyl sites for hydroxylation is 1. The van der Waals surface area contributed by atoms with Gasteiger partial charge in [-0.05, 0) is 26.3 Å². The topological polar surface area (TPSA) is 81.5 Å². The second-order valence-electron chi connectivity index (χ2n) is 8.07. The molecule has 2 aromatic rings. The van der Waals surface area contributed by atoms with Crippen LogP contribution >= 0.6 is 0 Å². The maximum Gasteiger partial charge on any atom is 0.223 e. The van der Waals surface area contributed by atoms with Gasteiger partial charge < -0.3 is 19.7 Å². The maximum atomic E-state index is 12.8. The molecule has 2 aromatic heterocycles. The van der Waals surface area contributed by atoms with E-state index < -0.39 is 0 Å². The molecular weight excluding hydrogens is 382 g/mol. The largest absolute Gasteiger partial charge is 0.481 e. The molecule has 0 spiro atoms. The highest BCUT2D eigenvalue weighted by Crippen LogP contribution is 2.37. The molecule has 3 heterocycles. The van der Waals surface area contributed by atoms with E-state index in [1.165, 1.54) is 0 Å². The molecule has 2 atom stereocenters. The number of hydrogen-bond acceptors (Lipinski definition) is 6. The first-order chi connectivity index (χ1) is 14.4. The standard InChI is InChI=1S/C22H33N5O3/c1-15(2)27-14-19(13-24-27)22-18(10-21(28)26(22)8-9-29-4)12-23-11-17-6-7-20(30-5)25-16(17)3/h6-7,13-15,18,22-23H,8-12H2,1-5H3/t18-,22+/m1/s1. The number of nitrogens with zero attached hydrogens (tertiary/aromatic N) is 4. The van der Waals surface area contributed by atoms with Gasteiger partial charge in [-0.3, -0.25) is 9.48 Å². The van der Waals surface area contributed by atoms with Crippen molar-refractivity contribution in [1.29, 1.82) is 0 Å². The third-order valence-corrected chi connectivity index (χ3v) is 5.67. The zero-order valence-electron chi connectivity index (χ0n) is 18.6. The smallest absolute Gasteiger partial charge is 0.223 e. The Labute approximate surface area is 178 Å². The van der Waals surface area contributed by atoms with E-state index in [1.807, 2.05) is 34.8 Å². The third-order valence-electron chi connectivity index (χ3n) is 5.67. The van der Waals surface area contributed by atoms with Crippen LogP contribution in [0.4, 0.5) is 0 Å². The number of carbonyl (C=O) groups excluding carboxylic acids is 1. The van der Waals surface area contributed by atoms with Gasteiger partial charge in [-0.1, -0.05) is 6.07 Å². The summed E-state index contributed by atoms with van der Waals surface area (Å²) in [5.41, 5.74) is 3.15. The van der Waals surface area contributed by atoms with Gasteiger partial charge in [0.05, 0.1) is 26.0 Å². The van der Waals surface area contributed by atoms with Crippen LogP contribution in [0.2, 0.25) is 0 Å². The van der Waals surface area contributed by atoms with Crippen molar-refractivity contribution in [3.63, 3.8) is 0 Å². The molecule has 0 aliphatic carbocycles. The number of nitrogens with one attached hydrogen (secondary N) is 1. The lowest BCUT2D eigenvalue weighted by Crippen LogP contribution is -2.33. The van der Waals surface area contributed by atoms with E-state index in [0.29, 0.717) is 32.0 Å². The van der Waals surface area contributed by atoms with Gasteiger partial charge in [0.1, 0.15) is 0 Å². The van der Waals surface area contributed by atoms with E-state index in [-0.39, 0.29) is 23.9 Å². The zero-order valence-corrected chi connectivity index (χ0v) is 18.6. The van der Waals surface area contributed by atoms with Gasteiger partial charge in [0.15, 0.2) is 0 Å². The molecule has 0 radical (unpaired) electrons. The first-order valence-corrected chi connectivity index (χ1v) is 10.5. The Morgan fingerprint density at radius 1 is 1.30 bits per heavy atom. The average Bonchev–Trinajstić information content (AvgIpc) is 3.32. The van der Waals surface area contributed by atoms with Crippen molar-refractivity contribution in [3.05, 3.63) is 41.3 Å².